The number of nitrogens with one attached hydrogen (secondary N) is 1. The Bertz CT molecular complexity index is 356. The molecule has 0 radical (unpaired) electrons. The molecule has 0 bridgehead atoms. The van der Waals surface area contributed by atoms with Crippen molar-refractivity contribution in [1.29, 1.82) is 0 Å². The van der Waals surface area contributed by atoms with Gasteiger partial charge < -0.3 is 4.98 Å². The molecule has 1 heterocycles. The van der Waals surface area contributed by atoms with Gasteiger partial charge in [0.25, 0.3) is 0 Å². The summed E-state index contributed by atoms with van der Waals surface area (Å²) in [5.41, 5.74) is 1.36. The van der Waals surface area contributed by atoms with Crippen molar-refractivity contribution in [1.82, 2.24) is 9.97 Å². The Hall–Kier alpha value is -1.22. The lowest BCUT2D eigenvalue weighted by Crippen LogP contribution is -1.84. The average Bonchev–Trinajstić information content (AvgIpc) is 2.72. The molecule has 14 heavy (non-hydrogen) atoms. The first-order chi connectivity index (χ1) is 6.95. The summed E-state index contributed by atoms with van der Waals surface area (Å²) in [7, 11) is 0. The molecule has 0 saturated heterocycles. The van der Waals surface area contributed by atoms with E-state index in [0.29, 0.717) is 0 Å². The highest BCUT2D eigenvalue weighted by molar-refractivity contribution is 7.97. The van der Waals surface area contributed by atoms with Crippen LogP contribution in [-0.2, 0) is 11.5 Å². The van der Waals surface area contributed by atoms with E-state index in [2.05, 4.69) is 34.2 Å². The van der Waals surface area contributed by atoms with Crippen LogP contribution >= 0.6 is 11.8 Å². The molecule has 1 aromatic carbocycles. The SMILES string of the molecule is c1ccc(CSCc2ncc[nH]2)cc1. The number of nitrogens with zero attached hydrogens (tertiary/aromatic N) is 1. The summed E-state index contributed by atoms with van der Waals surface area (Å²) in [5, 5.41) is 0. The van der Waals surface area contributed by atoms with Gasteiger partial charge in [-0.1, -0.05) is 30.3 Å². The fraction of sp³-hybridized carbons (Fsp3) is 0.182. The maximum Gasteiger partial charge on any atom is 0.116 e. The standard InChI is InChI=1S/C11H12N2S/c1-2-4-10(5-3-1)8-14-9-11-12-6-7-13-11/h1-7H,8-9H2,(H,12,13). The molecule has 0 saturated carbocycles. The van der Waals surface area contributed by atoms with Crippen LogP contribution in [0.3, 0.4) is 0 Å². The van der Waals surface area contributed by atoms with Crippen LogP contribution < -0.4 is 0 Å². The molecule has 0 amide bonds. The van der Waals surface area contributed by atoms with Crippen molar-refractivity contribution < 1.29 is 0 Å². The molecular formula is C11H12N2S. The van der Waals surface area contributed by atoms with Crippen LogP contribution in [0, 0.1) is 0 Å². The van der Waals surface area contributed by atoms with Crippen molar-refractivity contribution in [3.63, 3.8) is 0 Å². The summed E-state index contributed by atoms with van der Waals surface area (Å²) < 4.78 is 0. The third-order valence-electron chi connectivity index (χ3n) is 1.91. The van der Waals surface area contributed by atoms with Crippen LogP contribution in [0.5, 0.6) is 0 Å². The van der Waals surface area contributed by atoms with E-state index in [1.54, 1.807) is 6.20 Å². The van der Waals surface area contributed by atoms with Gasteiger partial charge in [-0.3, -0.25) is 0 Å². The number of hydrogen-bond donors (Lipinski definition) is 1. The van der Waals surface area contributed by atoms with Crippen LogP contribution in [0.25, 0.3) is 0 Å². The zero-order chi connectivity index (χ0) is 9.64. The Kier molecular flexibility index (Phi) is 3.24. The van der Waals surface area contributed by atoms with Crippen molar-refractivity contribution >= 4 is 11.8 Å². The van der Waals surface area contributed by atoms with Gasteiger partial charge in [0.2, 0.25) is 0 Å². The molecule has 0 spiro atoms. The van der Waals surface area contributed by atoms with E-state index in [1.165, 1.54) is 5.56 Å². The molecule has 2 nitrogen and oxygen atoms in total. The van der Waals surface area contributed by atoms with E-state index in [4.69, 9.17) is 0 Å². The van der Waals surface area contributed by atoms with E-state index in [9.17, 15) is 0 Å². The fourth-order valence-electron chi connectivity index (χ4n) is 1.22. The summed E-state index contributed by atoms with van der Waals surface area (Å²) in [5.74, 6) is 3.04. The van der Waals surface area contributed by atoms with Crippen molar-refractivity contribution in [3.05, 3.63) is 54.1 Å². The monoisotopic (exact) mass is 204 g/mol. The topological polar surface area (TPSA) is 28.7 Å². The number of rotatable bonds is 4. The number of thioether (sulfide) groups is 1. The largest absolute Gasteiger partial charge is 0.348 e. The average molecular weight is 204 g/mol. The Morgan fingerprint density at radius 1 is 1.14 bits per heavy atom. The molecule has 0 aliphatic heterocycles. The van der Waals surface area contributed by atoms with E-state index in [-0.39, 0.29) is 0 Å². The molecule has 0 aliphatic carbocycles. The lowest BCUT2D eigenvalue weighted by Gasteiger charge is -1.99. The molecule has 0 atom stereocenters. The van der Waals surface area contributed by atoms with Crippen LogP contribution in [0.2, 0.25) is 0 Å². The predicted octanol–water partition coefficient (Wildman–Crippen LogP) is 2.84. The second-order valence-electron chi connectivity index (χ2n) is 3.01. The first-order valence-electron chi connectivity index (χ1n) is 4.55. The number of hydrogen-bond acceptors (Lipinski definition) is 2. The summed E-state index contributed by atoms with van der Waals surface area (Å²) in [4.78, 5) is 7.26. The Morgan fingerprint density at radius 2 is 2.00 bits per heavy atom. The van der Waals surface area contributed by atoms with E-state index < -0.39 is 0 Å². The van der Waals surface area contributed by atoms with E-state index in [1.807, 2.05) is 24.0 Å². The molecule has 0 fully saturated rings. The highest BCUT2D eigenvalue weighted by Crippen LogP contribution is 2.14. The molecule has 1 N–H and O–H groups in total. The zero-order valence-corrected chi connectivity index (χ0v) is 8.63. The lowest BCUT2D eigenvalue weighted by molar-refractivity contribution is 1.12. The van der Waals surface area contributed by atoms with Gasteiger partial charge in [0.1, 0.15) is 5.82 Å². The number of H-pyrrole nitrogens is 1. The van der Waals surface area contributed by atoms with Crippen LogP contribution in [0.1, 0.15) is 11.4 Å². The predicted molar refractivity (Wildman–Crippen MR) is 60.0 cm³/mol. The maximum absolute atomic E-state index is 4.17. The Morgan fingerprint density at radius 3 is 2.71 bits per heavy atom. The van der Waals surface area contributed by atoms with Gasteiger partial charge in [0.15, 0.2) is 0 Å². The van der Waals surface area contributed by atoms with Gasteiger partial charge in [-0.05, 0) is 5.56 Å². The highest BCUT2D eigenvalue weighted by Gasteiger charge is 1.95. The van der Waals surface area contributed by atoms with Gasteiger partial charge in [-0.15, -0.1) is 11.8 Å². The fourth-order valence-corrected chi connectivity index (χ4v) is 2.10. The zero-order valence-electron chi connectivity index (χ0n) is 7.81. The molecule has 3 heteroatoms. The summed E-state index contributed by atoms with van der Waals surface area (Å²) in [6, 6.07) is 10.5. The second kappa shape index (κ2) is 4.86. The maximum atomic E-state index is 4.17. The normalized spacial score (nSPS) is 10.3. The number of aromatic amines is 1. The van der Waals surface area contributed by atoms with E-state index in [0.717, 1.165) is 17.3 Å². The van der Waals surface area contributed by atoms with Gasteiger partial charge in [-0.25, -0.2) is 4.98 Å². The number of benzene rings is 1. The van der Waals surface area contributed by atoms with Gasteiger partial charge in [0.05, 0.1) is 5.75 Å². The first-order valence-corrected chi connectivity index (χ1v) is 5.70. The molecule has 0 unspecified atom stereocenters. The highest BCUT2D eigenvalue weighted by atomic mass is 32.2. The molecule has 72 valence electrons. The van der Waals surface area contributed by atoms with E-state index >= 15 is 0 Å². The molecular weight excluding hydrogens is 192 g/mol. The van der Waals surface area contributed by atoms with Gasteiger partial charge in [-0.2, -0.15) is 0 Å². The minimum Gasteiger partial charge on any atom is -0.348 e. The van der Waals surface area contributed by atoms with Crippen molar-refractivity contribution in [2.75, 3.05) is 0 Å². The minimum atomic E-state index is 0.946. The van der Waals surface area contributed by atoms with Crippen molar-refractivity contribution in [2.45, 2.75) is 11.5 Å². The molecule has 0 aliphatic rings. The number of aromatic nitrogens is 2. The summed E-state index contributed by atoms with van der Waals surface area (Å²) in [6.07, 6.45) is 3.65. The minimum absolute atomic E-state index is 0.946. The van der Waals surface area contributed by atoms with Crippen LogP contribution in [-0.4, -0.2) is 9.97 Å². The third-order valence-corrected chi connectivity index (χ3v) is 2.92. The van der Waals surface area contributed by atoms with Crippen LogP contribution in [0.15, 0.2) is 42.7 Å². The molecule has 2 rings (SSSR count). The third kappa shape index (κ3) is 2.64. The summed E-state index contributed by atoms with van der Waals surface area (Å²) in [6.45, 7) is 0. The second-order valence-corrected chi connectivity index (χ2v) is 4.00. The smallest absolute Gasteiger partial charge is 0.116 e. The molecule has 2 aromatic rings. The molecule has 1 aromatic heterocycles. The Balaban J connectivity index is 1.79. The summed E-state index contributed by atoms with van der Waals surface area (Å²) >= 11 is 1.87. The first kappa shape index (κ1) is 9.34. The van der Waals surface area contributed by atoms with Gasteiger partial charge in [0, 0.05) is 18.1 Å². The van der Waals surface area contributed by atoms with Crippen molar-refractivity contribution in [3.8, 4) is 0 Å². The lowest BCUT2D eigenvalue weighted by atomic mass is 10.2. The van der Waals surface area contributed by atoms with Gasteiger partial charge >= 0.3 is 0 Å². The number of imidazole rings is 1. The van der Waals surface area contributed by atoms with Crippen molar-refractivity contribution in [2.24, 2.45) is 0 Å². The Labute approximate surface area is 87.8 Å². The quantitative estimate of drug-likeness (QED) is 0.829. The van der Waals surface area contributed by atoms with Crippen LogP contribution in [0.4, 0.5) is 0 Å².